The highest BCUT2D eigenvalue weighted by Crippen LogP contribution is 2.57. The number of hydrogen-bond acceptors (Lipinski definition) is 1. The molecule has 3 heteroatoms. The standard InChI is InChI=1S/C38H48N2O/c1-6-29-15-19-33(20-16-29)39-36(41)40(25-10-14-30-12-8-7-9-13-30)27-37(4)23-11-24-38(5)34-21-17-31(28(2)3)26-32(34)18-22-35(37)38/h7-10,12-17,19-21,26,28,35H,6,11,18,22-25,27H2,1-5H3,(H,39,41)/b14-10+. The molecule has 2 aliphatic carbocycles. The van der Waals surface area contributed by atoms with Crippen LogP contribution in [0.2, 0.25) is 0 Å². The van der Waals surface area contributed by atoms with E-state index >= 15 is 0 Å². The zero-order valence-corrected chi connectivity index (χ0v) is 25.7. The minimum absolute atomic E-state index is 0.0155. The normalized spacial score (nSPS) is 23.7. The number of anilines is 1. The molecule has 3 aromatic rings. The molecule has 2 amide bonds. The molecule has 0 aliphatic heterocycles. The van der Waals surface area contributed by atoms with Gasteiger partial charge < -0.3 is 10.2 Å². The van der Waals surface area contributed by atoms with Crippen LogP contribution < -0.4 is 5.32 Å². The van der Waals surface area contributed by atoms with Crippen LogP contribution in [0.5, 0.6) is 0 Å². The number of fused-ring (bicyclic) bond motifs is 3. The first-order valence-corrected chi connectivity index (χ1v) is 15.7. The van der Waals surface area contributed by atoms with Crippen molar-refractivity contribution in [1.82, 2.24) is 4.90 Å². The molecule has 0 saturated heterocycles. The van der Waals surface area contributed by atoms with Crippen molar-refractivity contribution < 1.29 is 4.79 Å². The SMILES string of the molecule is CCc1ccc(NC(=O)N(C/C=C/c2ccccc2)CC2(C)CCCC3(C)c4ccc(C(C)C)cc4CCC23)cc1. The predicted molar refractivity (Wildman–Crippen MR) is 174 cm³/mol. The summed E-state index contributed by atoms with van der Waals surface area (Å²) < 4.78 is 0. The summed E-state index contributed by atoms with van der Waals surface area (Å²) in [4.78, 5) is 15.9. The smallest absolute Gasteiger partial charge is 0.320 e. The van der Waals surface area contributed by atoms with Crippen LogP contribution in [0.1, 0.15) is 94.0 Å². The van der Waals surface area contributed by atoms with Crippen molar-refractivity contribution in [2.45, 2.75) is 84.5 Å². The van der Waals surface area contributed by atoms with Gasteiger partial charge >= 0.3 is 6.03 Å². The lowest BCUT2D eigenvalue weighted by molar-refractivity contribution is 0.00774. The van der Waals surface area contributed by atoms with E-state index < -0.39 is 0 Å². The Morgan fingerprint density at radius 2 is 1.78 bits per heavy atom. The number of aryl methyl sites for hydroxylation is 2. The van der Waals surface area contributed by atoms with Gasteiger partial charge in [-0.1, -0.05) is 114 Å². The summed E-state index contributed by atoms with van der Waals surface area (Å²) in [5.74, 6) is 1.09. The molecule has 41 heavy (non-hydrogen) atoms. The first-order chi connectivity index (χ1) is 19.7. The van der Waals surface area contributed by atoms with Crippen molar-refractivity contribution in [3.8, 4) is 0 Å². The van der Waals surface area contributed by atoms with Crippen LogP contribution in [-0.2, 0) is 18.3 Å². The van der Waals surface area contributed by atoms with Crippen LogP contribution in [-0.4, -0.2) is 24.0 Å². The highest BCUT2D eigenvalue weighted by Gasteiger charge is 2.52. The third-order valence-electron chi connectivity index (χ3n) is 10.1. The van der Waals surface area contributed by atoms with E-state index in [1.54, 1.807) is 11.1 Å². The van der Waals surface area contributed by atoms with E-state index in [9.17, 15) is 4.79 Å². The molecule has 3 nitrogen and oxygen atoms in total. The lowest BCUT2D eigenvalue weighted by Crippen LogP contribution is -2.54. The van der Waals surface area contributed by atoms with Crippen molar-refractivity contribution in [3.05, 3.63) is 107 Å². The molecule has 3 atom stereocenters. The van der Waals surface area contributed by atoms with Crippen LogP contribution in [0.15, 0.2) is 78.9 Å². The Bertz CT molecular complexity index is 1360. The molecule has 0 aromatic heterocycles. The molecule has 216 valence electrons. The number of benzene rings is 3. The van der Waals surface area contributed by atoms with Crippen molar-refractivity contribution in [3.63, 3.8) is 0 Å². The fourth-order valence-electron chi connectivity index (χ4n) is 7.75. The van der Waals surface area contributed by atoms with Gasteiger partial charge in [-0.25, -0.2) is 4.79 Å². The first-order valence-electron chi connectivity index (χ1n) is 15.7. The summed E-state index contributed by atoms with van der Waals surface area (Å²) in [7, 11) is 0. The number of rotatable bonds is 8. The van der Waals surface area contributed by atoms with E-state index in [0.717, 1.165) is 37.1 Å². The fraction of sp³-hybridized carbons (Fsp3) is 0.447. The van der Waals surface area contributed by atoms with E-state index in [4.69, 9.17) is 0 Å². The number of hydrogen-bond donors (Lipinski definition) is 1. The van der Waals surface area contributed by atoms with Gasteiger partial charge in [-0.05, 0) is 94.7 Å². The number of amides is 2. The van der Waals surface area contributed by atoms with Crippen LogP contribution >= 0.6 is 0 Å². The summed E-state index contributed by atoms with van der Waals surface area (Å²) in [5, 5.41) is 3.22. The van der Waals surface area contributed by atoms with E-state index in [-0.39, 0.29) is 16.9 Å². The predicted octanol–water partition coefficient (Wildman–Crippen LogP) is 9.63. The van der Waals surface area contributed by atoms with Crippen molar-refractivity contribution in [2.24, 2.45) is 11.3 Å². The van der Waals surface area contributed by atoms with Gasteiger partial charge in [0, 0.05) is 18.8 Å². The number of carbonyl (C=O) groups excluding carboxylic acids is 1. The maximum atomic E-state index is 13.8. The molecular formula is C38H48N2O. The zero-order chi connectivity index (χ0) is 29.0. The maximum absolute atomic E-state index is 13.8. The molecule has 0 radical (unpaired) electrons. The van der Waals surface area contributed by atoms with Gasteiger partial charge in [0.15, 0.2) is 0 Å². The Labute approximate surface area is 248 Å². The van der Waals surface area contributed by atoms with Crippen LogP contribution in [0.3, 0.4) is 0 Å². The second-order valence-corrected chi connectivity index (χ2v) is 13.3. The molecule has 0 bridgehead atoms. The Kier molecular flexibility index (Phi) is 8.73. The van der Waals surface area contributed by atoms with Gasteiger partial charge in [0.2, 0.25) is 0 Å². The van der Waals surface area contributed by atoms with Gasteiger partial charge in [0.25, 0.3) is 0 Å². The van der Waals surface area contributed by atoms with Crippen molar-refractivity contribution in [2.75, 3.05) is 18.4 Å². The van der Waals surface area contributed by atoms with E-state index in [1.807, 2.05) is 18.2 Å². The third kappa shape index (κ3) is 6.30. The zero-order valence-electron chi connectivity index (χ0n) is 25.7. The molecule has 2 aliphatic rings. The molecule has 0 heterocycles. The molecule has 1 fully saturated rings. The average molecular weight is 549 g/mol. The van der Waals surface area contributed by atoms with Crippen LogP contribution in [0.25, 0.3) is 6.08 Å². The Morgan fingerprint density at radius 1 is 1.02 bits per heavy atom. The lowest BCUT2D eigenvalue weighted by Gasteiger charge is -2.56. The van der Waals surface area contributed by atoms with Crippen molar-refractivity contribution in [1.29, 1.82) is 0 Å². The number of nitrogens with one attached hydrogen (secondary N) is 1. The second kappa shape index (κ2) is 12.3. The van der Waals surface area contributed by atoms with Gasteiger partial charge in [-0.15, -0.1) is 0 Å². The molecule has 3 aromatic carbocycles. The van der Waals surface area contributed by atoms with Gasteiger partial charge in [-0.3, -0.25) is 0 Å². The third-order valence-corrected chi connectivity index (χ3v) is 10.1. The summed E-state index contributed by atoms with van der Waals surface area (Å²) in [6.07, 6.45) is 11.2. The highest BCUT2D eigenvalue weighted by molar-refractivity contribution is 5.89. The lowest BCUT2D eigenvalue weighted by atomic mass is 9.49. The molecule has 5 rings (SSSR count). The largest absolute Gasteiger partial charge is 0.322 e. The first kappa shape index (κ1) is 29.2. The minimum Gasteiger partial charge on any atom is -0.320 e. The maximum Gasteiger partial charge on any atom is 0.322 e. The van der Waals surface area contributed by atoms with Gasteiger partial charge in [0.05, 0.1) is 0 Å². The van der Waals surface area contributed by atoms with E-state index in [1.165, 1.54) is 30.4 Å². The monoisotopic (exact) mass is 548 g/mol. The topological polar surface area (TPSA) is 32.3 Å². The number of nitrogens with zero attached hydrogens (tertiary/aromatic N) is 1. The summed E-state index contributed by atoms with van der Waals surface area (Å²) in [5.41, 5.74) is 8.04. The highest BCUT2D eigenvalue weighted by atomic mass is 16.2. The molecule has 1 N–H and O–H groups in total. The Hall–Kier alpha value is -3.33. The van der Waals surface area contributed by atoms with Crippen molar-refractivity contribution >= 4 is 17.8 Å². The number of urea groups is 1. The molecule has 1 saturated carbocycles. The molecule has 0 spiro atoms. The average Bonchev–Trinajstić information content (AvgIpc) is 2.97. The van der Waals surface area contributed by atoms with Crippen LogP contribution in [0.4, 0.5) is 10.5 Å². The summed E-state index contributed by atoms with van der Waals surface area (Å²) in [6, 6.07) is 25.9. The summed E-state index contributed by atoms with van der Waals surface area (Å²) >= 11 is 0. The molecule has 3 unspecified atom stereocenters. The van der Waals surface area contributed by atoms with Gasteiger partial charge in [-0.2, -0.15) is 0 Å². The molecular weight excluding hydrogens is 500 g/mol. The van der Waals surface area contributed by atoms with Crippen LogP contribution in [0, 0.1) is 11.3 Å². The second-order valence-electron chi connectivity index (χ2n) is 13.3. The van der Waals surface area contributed by atoms with E-state index in [2.05, 4.69) is 112 Å². The van der Waals surface area contributed by atoms with Gasteiger partial charge in [0.1, 0.15) is 0 Å². The fourth-order valence-corrected chi connectivity index (χ4v) is 7.75. The Balaban J connectivity index is 1.40. The Morgan fingerprint density at radius 3 is 2.49 bits per heavy atom. The van der Waals surface area contributed by atoms with E-state index in [0.29, 0.717) is 18.4 Å². The number of carbonyl (C=O) groups is 1. The minimum atomic E-state index is -0.0155. The quantitative estimate of drug-likeness (QED) is 0.299. The summed E-state index contributed by atoms with van der Waals surface area (Å²) in [6.45, 7) is 13.0.